The molecule has 4 aromatic rings. The quantitative estimate of drug-likeness (QED) is 0.373. The largest absolute Gasteiger partial charge is 0.408 e. The van der Waals surface area contributed by atoms with Crippen LogP contribution < -0.4 is 5.32 Å². The van der Waals surface area contributed by atoms with Crippen LogP contribution in [-0.2, 0) is 6.67 Å². The Morgan fingerprint density at radius 2 is 2.04 bits per heavy atom. The summed E-state index contributed by atoms with van der Waals surface area (Å²) in [5, 5.41) is 9.04. The van der Waals surface area contributed by atoms with E-state index >= 15 is 0 Å². The minimum Gasteiger partial charge on any atom is -0.408 e. The number of nitrogens with one attached hydrogen (secondary N) is 1. The summed E-state index contributed by atoms with van der Waals surface area (Å²) in [7, 11) is 0. The van der Waals surface area contributed by atoms with Crippen LogP contribution in [0.1, 0.15) is 0 Å². The van der Waals surface area contributed by atoms with Crippen LogP contribution in [0.2, 0.25) is 10.0 Å². The van der Waals surface area contributed by atoms with Crippen molar-refractivity contribution in [3.05, 3.63) is 63.2 Å². The van der Waals surface area contributed by atoms with Crippen LogP contribution >= 0.6 is 46.8 Å². The van der Waals surface area contributed by atoms with Gasteiger partial charge in [-0.05, 0) is 36.5 Å². The van der Waals surface area contributed by atoms with E-state index in [2.05, 4.69) is 10.4 Å². The van der Waals surface area contributed by atoms with Crippen molar-refractivity contribution in [3.63, 3.8) is 0 Å². The fourth-order valence-corrected chi connectivity index (χ4v) is 4.22. The van der Waals surface area contributed by atoms with Gasteiger partial charge >= 0.3 is 0 Å². The monoisotopic (exact) mass is 425 g/mol. The molecule has 0 saturated carbocycles. The number of thiophene rings is 1. The molecule has 2 heterocycles. The number of fused-ring (bicyclic) bond motifs is 1. The number of nitrogens with zero attached hydrogens (tertiary/aromatic N) is 2. The number of halogens is 3. The lowest BCUT2D eigenvalue weighted by Crippen LogP contribution is -2.09. The number of hydrogen-bond donors (Lipinski definition) is 1. The lowest BCUT2D eigenvalue weighted by atomic mass is 10.2. The Morgan fingerprint density at radius 1 is 1.23 bits per heavy atom. The fourth-order valence-electron chi connectivity index (χ4n) is 2.42. The van der Waals surface area contributed by atoms with Crippen molar-refractivity contribution in [2.75, 3.05) is 5.32 Å². The van der Waals surface area contributed by atoms with Gasteiger partial charge in [0.25, 0.3) is 10.7 Å². The van der Waals surface area contributed by atoms with Crippen molar-refractivity contribution in [2.24, 2.45) is 0 Å². The smallest absolute Gasteiger partial charge is 0.289 e. The average molecular weight is 426 g/mol. The zero-order valence-electron chi connectivity index (χ0n) is 13.0. The third-order valence-corrected chi connectivity index (χ3v) is 5.94. The summed E-state index contributed by atoms with van der Waals surface area (Å²) in [6.45, 7) is 0.243. The minimum atomic E-state index is -0.475. The van der Waals surface area contributed by atoms with Crippen LogP contribution in [0.3, 0.4) is 0 Å². The van der Waals surface area contributed by atoms with E-state index in [9.17, 15) is 4.39 Å². The van der Waals surface area contributed by atoms with E-state index in [0.29, 0.717) is 16.6 Å². The van der Waals surface area contributed by atoms with E-state index in [4.69, 9.17) is 39.8 Å². The molecule has 2 aromatic carbocycles. The second-order valence-corrected chi connectivity index (χ2v) is 7.56. The van der Waals surface area contributed by atoms with Crippen molar-refractivity contribution in [1.82, 2.24) is 9.78 Å². The molecule has 4 rings (SSSR count). The number of benzene rings is 2. The molecule has 0 aliphatic carbocycles. The van der Waals surface area contributed by atoms with Crippen molar-refractivity contribution in [1.29, 1.82) is 0 Å². The van der Waals surface area contributed by atoms with Crippen LogP contribution in [0, 0.1) is 10.7 Å². The zero-order valence-corrected chi connectivity index (χ0v) is 16.1. The molecule has 0 aliphatic rings. The molecule has 1 N–H and O–H groups in total. The van der Waals surface area contributed by atoms with Gasteiger partial charge in [-0.2, -0.15) is 0 Å². The minimum absolute atomic E-state index is 0.0384. The molecule has 0 spiro atoms. The Bertz CT molecular complexity index is 1170. The fraction of sp³-hybridized carbons (Fsp3) is 0.0588. The summed E-state index contributed by atoms with van der Waals surface area (Å²) in [4.78, 5) is 0.928. The van der Waals surface area contributed by atoms with Gasteiger partial charge in [0.15, 0.2) is 0 Å². The molecule has 0 amide bonds. The summed E-state index contributed by atoms with van der Waals surface area (Å²) in [6.07, 6.45) is 0. The standard InChI is InChI=1S/C17H10Cl2FN3OS2/c18-11-7-9(5-6-12(11)20)21-8-23-17(25)24-16(22-23)15-14(19)10-3-1-2-4-13(10)26-15/h1-7,21H,8H2. The highest BCUT2D eigenvalue weighted by molar-refractivity contribution is 7.71. The van der Waals surface area contributed by atoms with E-state index < -0.39 is 5.82 Å². The summed E-state index contributed by atoms with van der Waals surface area (Å²) in [5.74, 6) is -0.114. The molecule has 0 unspecified atom stereocenters. The van der Waals surface area contributed by atoms with Crippen LogP contribution in [-0.4, -0.2) is 9.78 Å². The average Bonchev–Trinajstić information content (AvgIpc) is 3.16. The van der Waals surface area contributed by atoms with Gasteiger partial charge in [-0.25, -0.2) is 9.07 Å². The van der Waals surface area contributed by atoms with Gasteiger partial charge in [-0.15, -0.1) is 16.4 Å². The van der Waals surface area contributed by atoms with E-state index in [0.717, 1.165) is 15.0 Å². The summed E-state index contributed by atoms with van der Waals surface area (Å²) < 4.78 is 21.4. The lowest BCUT2D eigenvalue weighted by Gasteiger charge is -2.06. The third kappa shape index (κ3) is 3.23. The van der Waals surface area contributed by atoms with E-state index in [-0.39, 0.29) is 16.5 Å². The molecule has 0 radical (unpaired) electrons. The molecule has 4 nitrogen and oxygen atoms in total. The first-order valence-corrected chi connectivity index (χ1v) is 9.45. The highest BCUT2D eigenvalue weighted by Crippen LogP contribution is 2.41. The van der Waals surface area contributed by atoms with Gasteiger partial charge in [0.2, 0.25) is 0 Å². The molecule has 0 atom stereocenters. The van der Waals surface area contributed by atoms with Gasteiger partial charge in [0.05, 0.1) is 10.0 Å². The molecule has 0 bridgehead atoms. The summed E-state index contributed by atoms with van der Waals surface area (Å²) >= 11 is 19.0. The van der Waals surface area contributed by atoms with Crippen molar-refractivity contribution in [3.8, 4) is 10.8 Å². The maximum absolute atomic E-state index is 13.2. The Kier molecular flexibility index (Phi) is 4.71. The molecule has 0 saturated heterocycles. The molecule has 132 valence electrons. The first-order chi connectivity index (χ1) is 12.5. The molecule has 0 fully saturated rings. The topological polar surface area (TPSA) is 43.0 Å². The van der Waals surface area contributed by atoms with Crippen LogP contribution in [0.5, 0.6) is 0 Å². The van der Waals surface area contributed by atoms with Gasteiger partial charge < -0.3 is 9.73 Å². The van der Waals surface area contributed by atoms with Crippen LogP contribution in [0.25, 0.3) is 20.9 Å². The number of rotatable bonds is 4. The van der Waals surface area contributed by atoms with Crippen molar-refractivity contribution in [2.45, 2.75) is 6.67 Å². The first kappa shape index (κ1) is 17.5. The Labute approximate surface area is 166 Å². The van der Waals surface area contributed by atoms with Crippen LogP contribution in [0.4, 0.5) is 10.1 Å². The van der Waals surface area contributed by atoms with E-state index in [1.54, 1.807) is 6.07 Å². The zero-order chi connectivity index (χ0) is 18.3. The van der Waals surface area contributed by atoms with Crippen LogP contribution in [0.15, 0.2) is 46.9 Å². The lowest BCUT2D eigenvalue weighted by molar-refractivity contribution is 0.523. The van der Waals surface area contributed by atoms with Gasteiger partial charge in [-0.1, -0.05) is 41.4 Å². The summed E-state index contributed by atoms with van der Waals surface area (Å²) in [6, 6.07) is 12.2. The first-order valence-electron chi connectivity index (χ1n) is 7.47. The maximum Gasteiger partial charge on any atom is 0.289 e. The van der Waals surface area contributed by atoms with Crippen molar-refractivity contribution >= 4 is 62.5 Å². The predicted octanol–water partition coefficient (Wildman–Crippen LogP) is 6.60. The predicted molar refractivity (Wildman–Crippen MR) is 106 cm³/mol. The van der Waals surface area contributed by atoms with Crippen molar-refractivity contribution < 1.29 is 8.81 Å². The molecular weight excluding hydrogens is 416 g/mol. The number of anilines is 1. The van der Waals surface area contributed by atoms with E-state index in [1.165, 1.54) is 28.2 Å². The van der Waals surface area contributed by atoms with E-state index in [1.807, 2.05) is 24.3 Å². The highest BCUT2D eigenvalue weighted by atomic mass is 35.5. The van der Waals surface area contributed by atoms with Gasteiger partial charge in [0, 0.05) is 15.8 Å². The van der Waals surface area contributed by atoms with Gasteiger partial charge in [0.1, 0.15) is 17.4 Å². The maximum atomic E-state index is 13.2. The number of hydrogen-bond acceptors (Lipinski definition) is 5. The summed E-state index contributed by atoms with van der Waals surface area (Å²) in [5.41, 5.74) is 0.641. The Balaban J connectivity index is 1.61. The molecule has 26 heavy (non-hydrogen) atoms. The Hall–Kier alpha value is -1.93. The second kappa shape index (κ2) is 7.00. The molecule has 2 aromatic heterocycles. The molecular formula is C17H10Cl2FN3OS2. The van der Waals surface area contributed by atoms with Gasteiger partial charge in [-0.3, -0.25) is 0 Å². The number of aromatic nitrogens is 2. The highest BCUT2D eigenvalue weighted by Gasteiger charge is 2.17. The second-order valence-electron chi connectivity index (χ2n) is 5.38. The normalized spacial score (nSPS) is 11.2. The SMILES string of the molecule is Fc1ccc(NCn2nc(-c3sc4ccccc4c3Cl)oc2=S)cc1Cl. The molecule has 0 aliphatic heterocycles. The third-order valence-electron chi connectivity index (χ3n) is 3.69. The Morgan fingerprint density at radius 3 is 2.81 bits per heavy atom. The molecule has 9 heteroatoms.